The van der Waals surface area contributed by atoms with Gasteiger partial charge in [-0.3, -0.25) is 4.68 Å². The van der Waals surface area contributed by atoms with Crippen LogP contribution < -0.4 is 5.32 Å². The summed E-state index contributed by atoms with van der Waals surface area (Å²) >= 11 is 0. The quantitative estimate of drug-likeness (QED) is 0.786. The zero-order chi connectivity index (χ0) is 10.5. The molecule has 0 saturated heterocycles. The number of aromatic nitrogens is 4. The number of rotatable bonds is 4. The molecule has 0 atom stereocenters. The zero-order valence-electron chi connectivity index (χ0n) is 8.59. The number of hydrogen-bond acceptors (Lipinski definition) is 4. The Balaban J connectivity index is 1.80. The van der Waals surface area contributed by atoms with E-state index < -0.39 is 0 Å². The Morgan fingerprint density at radius 3 is 2.73 bits per heavy atom. The summed E-state index contributed by atoms with van der Waals surface area (Å²) in [6.45, 7) is 1.52. The highest BCUT2D eigenvalue weighted by Crippen LogP contribution is 1.95. The lowest BCUT2D eigenvalue weighted by Crippen LogP contribution is -2.13. The first-order chi connectivity index (χ1) is 7.34. The van der Waals surface area contributed by atoms with Gasteiger partial charge in [0.25, 0.3) is 0 Å². The molecule has 0 amide bonds. The van der Waals surface area contributed by atoms with Gasteiger partial charge in [-0.05, 0) is 6.07 Å². The topological polar surface area (TPSA) is 55.6 Å². The molecule has 1 N–H and O–H groups in total. The molecule has 0 unspecified atom stereocenters. The molecule has 0 aliphatic rings. The average molecular weight is 203 g/mol. The van der Waals surface area contributed by atoms with Crippen LogP contribution in [0.2, 0.25) is 0 Å². The normalized spacial score (nSPS) is 10.5. The molecule has 2 rings (SSSR count). The second-order valence-electron chi connectivity index (χ2n) is 3.33. The van der Waals surface area contributed by atoms with E-state index in [2.05, 4.69) is 20.4 Å². The fourth-order valence-electron chi connectivity index (χ4n) is 1.31. The summed E-state index contributed by atoms with van der Waals surface area (Å²) in [5.41, 5.74) is 2.11. The minimum atomic E-state index is 0.760. The Morgan fingerprint density at radius 2 is 2.07 bits per heavy atom. The van der Waals surface area contributed by atoms with Crippen LogP contribution in [0.4, 0.5) is 0 Å². The molecule has 0 saturated carbocycles. The van der Waals surface area contributed by atoms with Crippen LogP contribution in [-0.2, 0) is 20.1 Å². The molecule has 15 heavy (non-hydrogen) atoms. The van der Waals surface area contributed by atoms with Crippen LogP contribution in [-0.4, -0.2) is 19.7 Å². The summed E-state index contributed by atoms with van der Waals surface area (Å²) in [5.74, 6) is 0. The first-order valence-corrected chi connectivity index (χ1v) is 4.78. The van der Waals surface area contributed by atoms with Crippen LogP contribution in [0.5, 0.6) is 0 Å². The van der Waals surface area contributed by atoms with Crippen LogP contribution in [0.1, 0.15) is 11.3 Å². The zero-order valence-corrected chi connectivity index (χ0v) is 8.59. The van der Waals surface area contributed by atoms with Crippen molar-refractivity contribution in [3.8, 4) is 0 Å². The van der Waals surface area contributed by atoms with Crippen LogP contribution >= 0.6 is 0 Å². The highest BCUT2D eigenvalue weighted by atomic mass is 15.3. The first-order valence-electron chi connectivity index (χ1n) is 4.78. The summed E-state index contributed by atoms with van der Waals surface area (Å²) in [4.78, 5) is 7.89. The van der Waals surface area contributed by atoms with Gasteiger partial charge in [0, 0.05) is 44.3 Å². The van der Waals surface area contributed by atoms with Crippen molar-refractivity contribution in [1.82, 2.24) is 25.1 Å². The molecular formula is C10H13N5. The molecule has 0 aliphatic heterocycles. The number of aryl methyl sites for hydroxylation is 1. The Hall–Kier alpha value is -1.75. The lowest BCUT2D eigenvalue weighted by atomic mass is 10.3. The van der Waals surface area contributed by atoms with E-state index >= 15 is 0 Å². The maximum Gasteiger partial charge on any atom is 0.115 e. The first kappa shape index (κ1) is 9.79. The third kappa shape index (κ3) is 2.85. The third-order valence-corrected chi connectivity index (χ3v) is 2.02. The molecule has 5 nitrogen and oxygen atoms in total. The Labute approximate surface area is 88.2 Å². The standard InChI is InChI=1S/C10H13N5/c1-15-3-2-10(14-15)7-11-4-9-5-12-8-13-6-9/h2-3,5-6,8,11H,4,7H2,1H3. The summed E-state index contributed by atoms with van der Waals surface area (Å²) in [5, 5.41) is 7.54. The molecule has 0 aromatic carbocycles. The maximum atomic E-state index is 4.26. The lowest BCUT2D eigenvalue weighted by molar-refractivity contribution is 0.653. The van der Waals surface area contributed by atoms with Crippen molar-refractivity contribution in [3.63, 3.8) is 0 Å². The number of nitrogens with zero attached hydrogens (tertiary/aromatic N) is 4. The number of nitrogens with one attached hydrogen (secondary N) is 1. The van der Waals surface area contributed by atoms with E-state index in [1.807, 2.05) is 19.3 Å². The maximum absolute atomic E-state index is 4.26. The molecule has 2 aromatic heterocycles. The molecule has 2 aromatic rings. The number of hydrogen-bond donors (Lipinski definition) is 1. The van der Waals surface area contributed by atoms with E-state index in [9.17, 15) is 0 Å². The summed E-state index contributed by atoms with van der Waals surface area (Å²) in [6, 6.07) is 1.99. The third-order valence-electron chi connectivity index (χ3n) is 2.02. The highest BCUT2D eigenvalue weighted by Gasteiger charge is 1.96. The molecule has 78 valence electrons. The molecule has 0 aliphatic carbocycles. The van der Waals surface area contributed by atoms with Crippen molar-refractivity contribution >= 4 is 0 Å². The Morgan fingerprint density at radius 1 is 1.27 bits per heavy atom. The van der Waals surface area contributed by atoms with Gasteiger partial charge >= 0.3 is 0 Å². The van der Waals surface area contributed by atoms with Crippen molar-refractivity contribution in [2.75, 3.05) is 0 Å². The molecule has 5 heteroatoms. The van der Waals surface area contributed by atoms with Gasteiger partial charge in [0.05, 0.1) is 5.69 Å². The molecule has 0 bridgehead atoms. The summed E-state index contributed by atoms with van der Waals surface area (Å²) in [6.07, 6.45) is 7.07. The molecule has 2 heterocycles. The van der Waals surface area contributed by atoms with Gasteiger partial charge in [-0.25, -0.2) is 9.97 Å². The SMILES string of the molecule is Cn1ccc(CNCc2cncnc2)n1. The molecule has 0 spiro atoms. The highest BCUT2D eigenvalue weighted by molar-refractivity contribution is 5.03. The van der Waals surface area contributed by atoms with Crippen LogP contribution in [0.25, 0.3) is 0 Å². The van der Waals surface area contributed by atoms with Crippen molar-refractivity contribution < 1.29 is 0 Å². The van der Waals surface area contributed by atoms with Gasteiger partial charge in [0.15, 0.2) is 0 Å². The molecule has 0 radical (unpaired) electrons. The predicted octanol–water partition coefficient (Wildman–Crippen LogP) is 0.500. The van der Waals surface area contributed by atoms with Gasteiger partial charge in [-0.1, -0.05) is 0 Å². The van der Waals surface area contributed by atoms with Gasteiger partial charge < -0.3 is 5.32 Å². The minimum Gasteiger partial charge on any atom is -0.307 e. The van der Waals surface area contributed by atoms with E-state index in [1.54, 1.807) is 17.1 Å². The van der Waals surface area contributed by atoms with E-state index in [0.29, 0.717) is 0 Å². The van der Waals surface area contributed by atoms with E-state index in [1.165, 1.54) is 6.33 Å². The monoisotopic (exact) mass is 203 g/mol. The van der Waals surface area contributed by atoms with Gasteiger partial charge in [0.1, 0.15) is 6.33 Å². The molecule has 0 fully saturated rings. The van der Waals surface area contributed by atoms with E-state index in [0.717, 1.165) is 24.3 Å². The second-order valence-corrected chi connectivity index (χ2v) is 3.33. The Kier molecular flexibility index (Phi) is 3.04. The van der Waals surface area contributed by atoms with Gasteiger partial charge in [-0.15, -0.1) is 0 Å². The van der Waals surface area contributed by atoms with E-state index in [-0.39, 0.29) is 0 Å². The van der Waals surface area contributed by atoms with Gasteiger partial charge in [0.2, 0.25) is 0 Å². The summed E-state index contributed by atoms with van der Waals surface area (Å²) < 4.78 is 1.79. The average Bonchev–Trinajstić information content (AvgIpc) is 2.66. The van der Waals surface area contributed by atoms with Crippen LogP contribution in [0.3, 0.4) is 0 Å². The minimum absolute atomic E-state index is 0.760. The van der Waals surface area contributed by atoms with Crippen molar-refractivity contribution in [2.24, 2.45) is 7.05 Å². The van der Waals surface area contributed by atoms with Crippen LogP contribution in [0, 0.1) is 0 Å². The fraction of sp³-hybridized carbons (Fsp3) is 0.300. The summed E-state index contributed by atoms with van der Waals surface area (Å²) in [7, 11) is 1.91. The fourth-order valence-corrected chi connectivity index (χ4v) is 1.31. The largest absolute Gasteiger partial charge is 0.307 e. The van der Waals surface area contributed by atoms with Crippen molar-refractivity contribution in [1.29, 1.82) is 0 Å². The van der Waals surface area contributed by atoms with E-state index in [4.69, 9.17) is 0 Å². The van der Waals surface area contributed by atoms with Crippen LogP contribution in [0.15, 0.2) is 31.0 Å². The lowest BCUT2D eigenvalue weighted by Gasteiger charge is -2.01. The van der Waals surface area contributed by atoms with Crippen molar-refractivity contribution in [2.45, 2.75) is 13.1 Å². The predicted molar refractivity (Wildman–Crippen MR) is 55.8 cm³/mol. The second kappa shape index (κ2) is 4.65. The smallest absolute Gasteiger partial charge is 0.115 e. The van der Waals surface area contributed by atoms with Gasteiger partial charge in [-0.2, -0.15) is 5.10 Å². The Bertz CT molecular complexity index is 409. The van der Waals surface area contributed by atoms with Crippen molar-refractivity contribution in [3.05, 3.63) is 42.2 Å². The molecular weight excluding hydrogens is 190 g/mol.